The lowest BCUT2D eigenvalue weighted by Crippen LogP contribution is -2.35. The molecule has 1 amide bonds. The molecular formula is C21H24FN5O3S. The largest absolute Gasteiger partial charge is 0.326 e. The molecular weight excluding hydrogens is 421 g/mol. The molecule has 0 unspecified atom stereocenters. The second kappa shape index (κ2) is 9.11. The third kappa shape index (κ3) is 4.91. The molecule has 3 aromatic rings. The van der Waals surface area contributed by atoms with Gasteiger partial charge in [-0.3, -0.25) is 4.79 Å². The number of nitrogens with zero attached hydrogens (tertiary/aromatic N) is 4. The van der Waals surface area contributed by atoms with Crippen molar-refractivity contribution in [3.8, 4) is 0 Å². The topological polar surface area (TPSA) is 97.2 Å². The summed E-state index contributed by atoms with van der Waals surface area (Å²) >= 11 is 0. The average molecular weight is 446 g/mol. The molecule has 1 aliphatic heterocycles. The number of anilines is 1. The minimum absolute atomic E-state index is 0.175. The summed E-state index contributed by atoms with van der Waals surface area (Å²) < 4.78 is 41.8. The van der Waals surface area contributed by atoms with Gasteiger partial charge in [-0.15, -0.1) is 5.10 Å². The summed E-state index contributed by atoms with van der Waals surface area (Å²) in [5.74, 6) is -0.533. The Bertz CT molecular complexity index is 1170. The molecule has 1 fully saturated rings. The number of rotatable bonds is 7. The number of aryl methyl sites for hydroxylation is 1. The zero-order valence-corrected chi connectivity index (χ0v) is 17.8. The van der Waals surface area contributed by atoms with Crippen LogP contribution in [0.4, 0.5) is 10.1 Å². The van der Waals surface area contributed by atoms with Gasteiger partial charge in [0.05, 0.1) is 10.4 Å². The number of hydrogen-bond donors (Lipinski definition) is 1. The van der Waals surface area contributed by atoms with Crippen LogP contribution in [-0.4, -0.2) is 46.7 Å². The van der Waals surface area contributed by atoms with Gasteiger partial charge in [-0.1, -0.05) is 11.6 Å². The molecule has 0 saturated carbocycles. The molecule has 1 aliphatic rings. The maximum absolute atomic E-state index is 12.9. The smallest absolute Gasteiger partial charge is 0.243 e. The number of hydrogen-bond acceptors (Lipinski definition) is 5. The van der Waals surface area contributed by atoms with Crippen molar-refractivity contribution in [2.75, 3.05) is 18.4 Å². The number of carbonyl (C=O) groups is 1. The van der Waals surface area contributed by atoms with Gasteiger partial charge in [0.1, 0.15) is 11.3 Å². The van der Waals surface area contributed by atoms with E-state index in [0.29, 0.717) is 37.3 Å². The number of carbonyl (C=O) groups excluding carboxylic acids is 1. The van der Waals surface area contributed by atoms with Gasteiger partial charge in [0.15, 0.2) is 0 Å². The summed E-state index contributed by atoms with van der Waals surface area (Å²) in [6.45, 7) is 1.56. The lowest BCUT2D eigenvalue weighted by atomic mass is 10.2. The number of benzene rings is 2. The van der Waals surface area contributed by atoms with E-state index in [-0.39, 0.29) is 23.0 Å². The molecule has 1 saturated heterocycles. The highest BCUT2D eigenvalue weighted by Crippen LogP contribution is 2.23. The van der Waals surface area contributed by atoms with Crippen LogP contribution >= 0.6 is 0 Å². The highest BCUT2D eigenvalue weighted by molar-refractivity contribution is 7.89. The van der Waals surface area contributed by atoms with Crippen LogP contribution in [0.3, 0.4) is 0 Å². The Morgan fingerprint density at radius 3 is 2.55 bits per heavy atom. The summed E-state index contributed by atoms with van der Waals surface area (Å²) in [5.41, 5.74) is 1.77. The molecule has 10 heteroatoms. The van der Waals surface area contributed by atoms with Gasteiger partial charge in [-0.05, 0) is 61.7 Å². The molecule has 0 spiro atoms. The van der Waals surface area contributed by atoms with Gasteiger partial charge < -0.3 is 5.32 Å². The molecule has 0 radical (unpaired) electrons. The molecule has 0 atom stereocenters. The van der Waals surface area contributed by atoms with Crippen LogP contribution in [-0.2, 0) is 21.4 Å². The number of fused-ring (bicyclic) bond motifs is 1. The summed E-state index contributed by atoms with van der Waals surface area (Å²) in [6.07, 6.45) is 3.61. The van der Waals surface area contributed by atoms with Gasteiger partial charge in [0, 0.05) is 31.7 Å². The molecule has 0 aliphatic carbocycles. The molecule has 2 aromatic carbocycles. The fourth-order valence-corrected chi connectivity index (χ4v) is 5.22. The van der Waals surface area contributed by atoms with Gasteiger partial charge >= 0.3 is 0 Å². The van der Waals surface area contributed by atoms with Gasteiger partial charge in [0.2, 0.25) is 15.9 Å². The van der Waals surface area contributed by atoms with Crippen molar-refractivity contribution in [2.45, 2.75) is 43.5 Å². The minimum atomic E-state index is -3.53. The number of nitrogens with one attached hydrogen (secondary N) is 1. The second-order valence-corrected chi connectivity index (χ2v) is 9.52. The first-order chi connectivity index (χ1) is 14.9. The SMILES string of the molecule is O=C(CCCn1nnc2cc(S(=O)(=O)N3CCCCC3)ccc21)Nc1ccc(F)cc1. The highest BCUT2D eigenvalue weighted by Gasteiger charge is 2.26. The molecule has 2 heterocycles. The van der Waals surface area contributed by atoms with Crippen molar-refractivity contribution in [2.24, 2.45) is 0 Å². The summed E-state index contributed by atoms with van der Waals surface area (Å²) in [4.78, 5) is 12.3. The fourth-order valence-electron chi connectivity index (χ4n) is 3.68. The lowest BCUT2D eigenvalue weighted by Gasteiger charge is -2.25. The monoisotopic (exact) mass is 445 g/mol. The number of amides is 1. The number of halogens is 1. The summed E-state index contributed by atoms with van der Waals surface area (Å²) in [6, 6.07) is 10.5. The van der Waals surface area contributed by atoms with E-state index in [0.717, 1.165) is 24.8 Å². The zero-order valence-electron chi connectivity index (χ0n) is 17.0. The molecule has 0 bridgehead atoms. The van der Waals surface area contributed by atoms with Crippen LogP contribution in [0.25, 0.3) is 11.0 Å². The van der Waals surface area contributed by atoms with E-state index in [1.807, 2.05) is 0 Å². The van der Waals surface area contributed by atoms with E-state index in [9.17, 15) is 17.6 Å². The first kappa shape index (κ1) is 21.4. The molecule has 8 nitrogen and oxygen atoms in total. The molecule has 164 valence electrons. The predicted octanol–water partition coefficient (Wildman–Crippen LogP) is 3.16. The Labute approximate surface area is 180 Å². The van der Waals surface area contributed by atoms with Crippen LogP contribution in [0.15, 0.2) is 47.4 Å². The van der Waals surface area contributed by atoms with Crippen LogP contribution < -0.4 is 5.32 Å². The normalized spacial score (nSPS) is 15.3. The molecule has 31 heavy (non-hydrogen) atoms. The average Bonchev–Trinajstić information content (AvgIpc) is 3.18. The second-order valence-electron chi connectivity index (χ2n) is 7.59. The maximum Gasteiger partial charge on any atom is 0.243 e. The molecule has 4 rings (SSSR count). The number of aromatic nitrogens is 3. The van der Waals surface area contributed by atoms with Gasteiger partial charge in [-0.2, -0.15) is 4.31 Å². The van der Waals surface area contributed by atoms with Gasteiger partial charge in [0.25, 0.3) is 0 Å². The summed E-state index contributed by atoms with van der Waals surface area (Å²) in [5, 5.41) is 10.9. The Kier molecular flexibility index (Phi) is 6.28. The van der Waals surface area contributed by atoms with E-state index in [2.05, 4.69) is 15.6 Å². The van der Waals surface area contributed by atoms with Crippen molar-refractivity contribution in [3.05, 3.63) is 48.3 Å². The third-order valence-electron chi connectivity index (χ3n) is 5.34. The van der Waals surface area contributed by atoms with E-state index in [4.69, 9.17) is 0 Å². The van der Waals surface area contributed by atoms with Crippen molar-refractivity contribution < 1.29 is 17.6 Å². The van der Waals surface area contributed by atoms with E-state index in [1.54, 1.807) is 22.9 Å². The van der Waals surface area contributed by atoms with Crippen molar-refractivity contribution in [3.63, 3.8) is 0 Å². The Balaban J connectivity index is 1.38. The summed E-state index contributed by atoms with van der Waals surface area (Å²) in [7, 11) is -3.53. The van der Waals surface area contributed by atoms with E-state index >= 15 is 0 Å². The maximum atomic E-state index is 12.9. The molecule has 1 aromatic heterocycles. The minimum Gasteiger partial charge on any atom is -0.326 e. The van der Waals surface area contributed by atoms with Crippen LogP contribution in [0.5, 0.6) is 0 Å². The zero-order chi connectivity index (χ0) is 21.8. The number of sulfonamides is 1. The third-order valence-corrected chi connectivity index (χ3v) is 7.23. The predicted molar refractivity (Wildman–Crippen MR) is 114 cm³/mol. The van der Waals surface area contributed by atoms with Crippen LogP contribution in [0.2, 0.25) is 0 Å². The van der Waals surface area contributed by atoms with Crippen molar-refractivity contribution in [1.82, 2.24) is 19.3 Å². The van der Waals surface area contributed by atoms with Crippen LogP contribution in [0.1, 0.15) is 32.1 Å². The van der Waals surface area contributed by atoms with Gasteiger partial charge in [-0.25, -0.2) is 17.5 Å². The Morgan fingerprint density at radius 2 is 1.81 bits per heavy atom. The molecule has 1 N–H and O–H groups in total. The Morgan fingerprint density at radius 1 is 1.06 bits per heavy atom. The highest BCUT2D eigenvalue weighted by atomic mass is 32.2. The van der Waals surface area contributed by atoms with E-state index in [1.165, 1.54) is 28.6 Å². The first-order valence-electron chi connectivity index (χ1n) is 10.3. The first-order valence-corrected chi connectivity index (χ1v) is 11.8. The van der Waals surface area contributed by atoms with Crippen molar-refractivity contribution in [1.29, 1.82) is 0 Å². The Hall–Kier alpha value is -2.85. The van der Waals surface area contributed by atoms with Crippen LogP contribution in [0, 0.1) is 5.82 Å². The quantitative estimate of drug-likeness (QED) is 0.603. The van der Waals surface area contributed by atoms with E-state index < -0.39 is 10.0 Å². The van der Waals surface area contributed by atoms with Crippen molar-refractivity contribution >= 4 is 32.7 Å². The standard InChI is InChI=1S/C21H24FN5O3S/c22-16-6-8-17(9-7-16)23-21(28)5-4-14-27-20-11-10-18(15-19(20)24-25-27)31(29,30)26-12-2-1-3-13-26/h6-11,15H,1-5,12-14H2,(H,23,28). The lowest BCUT2D eigenvalue weighted by molar-refractivity contribution is -0.116. The number of piperidine rings is 1. The fraction of sp³-hybridized carbons (Fsp3) is 0.381.